The Hall–Kier alpha value is -0.580. The van der Waals surface area contributed by atoms with Gasteiger partial charge in [-0.1, -0.05) is 43.6 Å². The van der Waals surface area contributed by atoms with Crippen LogP contribution in [0.5, 0.6) is 0 Å². The molecule has 0 bridgehead atoms. The summed E-state index contributed by atoms with van der Waals surface area (Å²) in [5.74, 6) is 1.04. The van der Waals surface area contributed by atoms with Gasteiger partial charge in [0.2, 0.25) is 0 Å². The van der Waals surface area contributed by atoms with Gasteiger partial charge in [0, 0.05) is 0 Å². The molecule has 5 heteroatoms. The van der Waals surface area contributed by atoms with E-state index in [0.29, 0.717) is 37.4 Å². The number of hydrogen-bond donors (Lipinski definition) is 0. The van der Waals surface area contributed by atoms with Crippen LogP contribution < -0.4 is 0 Å². The molecule has 0 heterocycles. The number of halogens is 1. The Balaban J connectivity index is 4.29. The third-order valence-electron chi connectivity index (χ3n) is 3.96. The molecule has 0 N–H and O–H groups in total. The molecule has 142 valence electrons. The Morgan fingerprint density at radius 2 is 1.58 bits per heavy atom. The summed E-state index contributed by atoms with van der Waals surface area (Å²) in [5.41, 5.74) is -0.722. The predicted molar refractivity (Wildman–Crippen MR) is 101 cm³/mol. The van der Waals surface area contributed by atoms with Crippen LogP contribution in [0.1, 0.15) is 67.7 Å². The standard InChI is InChI=1S/C19H35BrO4/c1-8-23-18(22)19(6,7)11-16(20)17(21)24-12-15(5)10-14(4)9-13(2)3/h13-16H,8-12H2,1-7H3. The number of ether oxygens (including phenoxy) is 2. The van der Waals surface area contributed by atoms with E-state index in [4.69, 9.17) is 9.47 Å². The average Bonchev–Trinajstić information content (AvgIpc) is 2.43. The van der Waals surface area contributed by atoms with E-state index in [0.717, 1.165) is 6.42 Å². The molecule has 0 amide bonds. The molecule has 0 saturated carbocycles. The summed E-state index contributed by atoms with van der Waals surface area (Å²) in [5, 5.41) is 0. The van der Waals surface area contributed by atoms with Crippen molar-refractivity contribution in [2.45, 2.75) is 72.6 Å². The molecule has 3 atom stereocenters. The first-order chi connectivity index (χ1) is 11.0. The summed E-state index contributed by atoms with van der Waals surface area (Å²) in [7, 11) is 0. The molecule has 0 radical (unpaired) electrons. The molecule has 0 aliphatic carbocycles. The third-order valence-corrected chi connectivity index (χ3v) is 4.66. The van der Waals surface area contributed by atoms with Gasteiger partial charge in [-0.05, 0) is 57.8 Å². The largest absolute Gasteiger partial charge is 0.466 e. The van der Waals surface area contributed by atoms with Gasteiger partial charge in [-0.25, -0.2) is 0 Å². The molecular formula is C19H35BrO4. The van der Waals surface area contributed by atoms with Crippen LogP contribution in [0.25, 0.3) is 0 Å². The minimum atomic E-state index is -0.722. The second kappa shape index (κ2) is 11.1. The fourth-order valence-corrected chi connectivity index (χ4v) is 3.85. The molecule has 0 aromatic rings. The lowest BCUT2D eigenvalue weighted by Gasteiger charge is -2.24. The number of hydrogen-bond acceptors (Lipinski definition) is 4. The predicted octanol–water partition coefficient (Wildman–Crippen LogP) is 4.98. The summed E-state index contributed by atoms with van der Waals surface area (Å²) >= 11 is 3.35. The van der Waals surface area contributed by atoms with Crippen LogP contribution in [-0.4, -0.2) is 30.0 Å². The highest BCUT2D eigenvalue weighted by molar-refractivity contribution is 9.10. The minimum absolute atomic E-state index is 0.293. The van der Waals surface area contributed by atoms with E-state index in [1.807, 2.05) is 0 Å². The molecule has 0 aromatic heterocycles. The minimum Gasteiger partial charge on any atom is -0.466 e. The number of alkyl halides is 1. The van der Waals surface area contributed by atoms with E-state index >= 15 is 0 Å². The zero-order chi connectivity index (χ0) is 18.9. The number of carbonyl (C=O) groups is 2. The monoisotopic (exact) mass is 406 g/mol. The summed E-state index contributed by atoms with van der Waals surface area (Å²) < 4.78 is 10.5. The van der Waals surface area contributed by atoms with Crippen LogP contribution in [-0.2, 0) is 19.1 Å². The molecule has 0 aliphatic rings. The highest BCUT2D eigenvalue weighted by atomic mass is 79.9. The van der Waals surface area contributed by atoms with E-state index in [1.165, 1.54) is 6.42 Å². The lowest BCUT2D eigenvalue weighted by atomic mass is 9.88. The molecule has 0 aliphatic heterocycles. The van der Waals surface area contributed by atoms with E-state index in [9.17, 15) is 9.59 Å². The molecule has 3 unspecified atom stereocenters. The third kappa shape index (κ3) is 9.65. The second-order valence-electron chi connectivity index (χ2n) is 7.98. The van der Waals surface area contributed by atoms with Crippen LogP contribution in [0.2, 0.25) is 0 Å². The Labute approximate surface area is 156 Å². The van der Waals surface area contributed by atoms with E-state index in [2.05, 4.69) is 43.6 Å². The van der Waals surface area contributed by atoms with Crippen molar-refractivity contribution in [3.63, 3.8) is 0 Å². The van der Waals surface area contributed by atoms with Crippen LogP contribution in [0.3, 0.4) is 0 Å². The molecular weight excluding hydrogens is 372 g/mol. The van der Waals surface area contributed by atoms with Crippen molar-refractivity contribution in [2.24, 2.45) is 23.2 Å². The zero-order valence-corrected chi connectivity index (χ0v) is 17.9. The highest BCUT2D eigenvalue weighted by Crippen LogP contribution is 2.28. The maximum Gasteiger partial charge on any atom is 0.319 e. The molecule has 0 saturated heterocycles. The topological polar surface area (TPSA) is 52.6 Å². The first-order valence-corrected chi connectivity index (χ1v) is 9.89. The molecule has 0 fully saturated rings. The number of esters is 2. The zero-order valence-electron chi connectivity index (χ0n) is 16.4. The molecule has 24 heavy (non-hydrogen) atoms. The van der Waals surface area contributed by atoms with Gasteiger partial charge in [0.05, 0.1) is 18.6 Å². The van der Waals surface area contributed by atoms with Gasteiger partial charge < -0.3 is 9.47 Å². The number of rotatable bonds is 11. The van der Waals surface area contributed by atoms with Gasteiger partial charge in [0.1, 0.15) is 4.83 Å². The molecule has 0 spiro atoms. The van der Waals surface area contributed by atoms with E-state index in [1.54, 1.807) is 20.8 Å². The number of carbonyl (C=O) groups excluding carboxylic acids is 2. The Morgan fingerprint density at radius 1 is 1.00 bits per heavy atom. The van der Waals surface area contributed by atoms with Crippen LogP contribution in [0, 0.1) is 23.2 Å². The Morgan fingerprint density at radius 3 is 2.08 bits per heavy atom. The quantitative estimate of drug-likeness (QED) is 0.358. The average molecular weight is 407 g/mol. The van der Waals surface area contributed by atoms with Gasteiger partial charge in [-0.2, -0.15) is 0 Å². The van der Waals surface area contributed by atoms with Crippen molar-refractivity contribution in [1.82, 2.24) is 0 Å². The molecule has 0 rings (SSSR count). The van der Waals surface area contributed by atoms with Crippen molar-refractivity contribution >= 4 is 27.9 Å². The molecule has 4 nitrogen and oxygen atoms in total. The maximum atomic E-state index is 12.1. The summed E-state index contributed by atoms with van der Waals surface area (Å²) in [4.78, 5) is 23.5. The highest BCUT2D eigenvalue weighted by Gasteiger charge is 2.34. The van der Waals surface area contributed by atoms with Gasteiger partial charge in [0.25, 0.3) is 0 Å². The molecule has 0 aromatic carbocycles. The van der Waals surface area contributed by atoms with Crippen molar-refractivity contribution in [3.05, 3.63) is 0 Å². The van der Waals surface area contributed by atoms with E-state index < -0.39 is 10.2 Å². The normalized spacial score (nSPS) is 15.7. The van der Waals surface area contributed by atoms with Crippen molar-refractivity contribution in [3.8, 4) is 0 Å². The van der Waals surface area contributed by atoms with Gasteiger partial charge in [0.15, 0.2) is 0 Å². The maximum absolute atomic E-state index is 12.1. The lowest BCUT2D eigenvalue weighted by molar-refractivity contribution is -0.154. The van der Waals surface area contributed by atoms with Crippen molar-refractivity contribution in [2.75, 3.05) is 13.2 Å². The van der Waals surface area contributed by atoms with Crippen LogP contribution in [0.15, 0.2) is 0 Å². The smallest absolute Gasteiger partial charge is 0.319 e. The van der Waals surface area contributed by atoms with Gasteiger partial charge >= 0.3 is 11.9 Å². The second-order valence-corrected chi connectivity index (χ2v) is 9.09. The fourth-order valence-electron chi connectivity index (χ4n) is 2.91. The fraction of sp³-hybridized carbons (Fsp3) is 0.895. The lowest BCUT2D eigenvalue weighted by Crippen LogP contribution is -2.33. The van der Waals surface area contributed by atoms with Crippen LogP contribution >= 0.6 is 15.9 Å². The Kier molecular flexibility index (Phi) is 10.8. The summed E-state index contributed by atoms with van der Waals surface area (Å²) in [6.07, 6.45) is 2.59. The Bertz CT molecular complexity index is 393. The first-order valence-electron chi connectivity index (χ1n) is 8.97. The summed E-state index contributed by atoms with van der Waals surface area (Å²) in [6.45, 7) is 14.9. The van der Waals surface area contributed by atoms with Crippen molar-refractivity contribution in [1.29, 1.82) is 0 Å². The van der Waals surface area contributed by atoms with Crippen LogP contribution in [0.4, 0.5) is 0 Å². The summed E-state index contributed by atoms with van der Waals surface area (Å²) in [6, 6.07) is 0. The SMILES string of the molecule is CCOC(=O)C(C)(C)CC(Br)C(=O)OCC(C)CC(C)CC(C)C. The van der Waals surface area contributed by atoms with Crippen molar-refractivity contribution < 1.29 is 19.1 Å². The van der Waals surface area contributed by atoms with Gasteiger partial charge in [-0.15, -0.1) is 0 Å². The van der Waals surface area contributed by atoms with Gasteiger partial charge in [-0.3, -0.25) is 9.59 Å². The first kappa shape index (κ1) is 23.4. The van der Waals surface area contributed by atoms with E-state index in [-0.39, 0.29) is 11.9 Å².